The van der Waals surface area contributed by atoms with Crippen molar-refractivity contribution in [3.63, 3.8) is 0 Å². The first kappa shape index (κ1) is 12.3. The van der Waals surface area contributed by atoms with Crippen LogP contribution in [0.15, 0.2) is 0 Å². The van der Waals surface area contributed by atoms with Crippen molar-refractivity contribution in [2.45, 2.75) is 27.3 Å². The molecular formula is C13H22N4. The Balaban J connectivity index is 2.22. The van der Waals surface area contributed by atoms with E-state index < -0.39 is 0 Å². The number of anilines is 1. The van der Waals surface area contributed by atoms with Gasteiger partial charge >= 0.3 is 0 Å². The molecule has 0 spiro atoms. The summed E-state index contributed by atoms with van der Waals surface area (Å²) in [4.78, 5) is 6.87. The molecule has 0 aliphatic carbocycles. The molecule has 1 fully saturated rings. The Hall–Kier alpha value is -1.13. The molecule has 0 atom stereocenters. The van der Waals surface area contributed by atoms with E-state index in [1.54, 1.807) is 0 Å². The highest BCUT2D eigenvalue weighted by Gasteiger charge is 2.15. The molecule has 2 heterocycles. The van der Waals surface area contributed by atoms with Crippen LogP contribution in [0.4, 0.5) is 5.82 Å². The van der Waals surface area contributed by atoms with Crippen molar-refractivity contribution in [1.29, 1.82) is 0 Å². The summed E-state index contributed by atoms with van der Waals surface area (Å²) in [6, 6.07) is 0. The normalized spacial score (nSPS) is 17.4. The number of pyridine rings is 1. The van der Waals surface area contributed by atoms with Gasteiger partial charge in [0.1, 0.15) is 5.82 Å². The second-order valence-corrected chi connectivity index (χ2v) is 4.84. The molecule has 0 aromatic carbocycles. The molecule has 94 valence electrons. The molecular weight excluding hydrogens is 212 g/mol. The van der Waals surface area contributed by atoms with Gasteiger partial charge in [0.2, 0.25) is 0 Å². The van der Waals surface area contributed by atoms with Crippen LogP contribution in [0.5, 0.6) is 0 Å². The zero-order valence-corrected chi connectivity index (χ0v) is 11.0. The Morgan fingerprint density at radius 3 is 2.47 bits per heavy atom. The number of nitrogens with one attached hydrogen (secondary N) is 1. The van der Waals surface area contributed by atoms with Crippen molar-refractivity contribution in [2.24, 2.45) is 0 Å². The largest absolute Gasteiger partial charge is 0.383 e. The Kier molecular flexibility index (Phi) is 3.64. The Bertz CT molecular complexity index is 408. The van der Waals surface area contributed by atoms with Crippen LogP contribution in [-0.4, -0.2) is 36.1 Å². The highest BCUT2D eigenvalue weighted by Crippen LogP contribution is 2.22. The predicted molar refractivity (Wildman–Crippen MR) is 71.0 cm³/mol. The maximum atomic E-state index is 6.05. The molecule has 17 heavy (non-hydrogen) atoms. The first-order valence-electron chi connectivity index (χ1n) is 6.25. The van der Waals surface area contributed by atoms with Crippen LogP contribution in [0, 0.1) is 20.8 Å². The molecule has 1 aromatic rings. The van der Waals surface area contributed by atoms with Crippen LogP contribution in [-0.2, 0) is 6.54 Å². The Morgan fingerprint density at radius 1 is 1.18 bits per heavy atom. The minimum atomic E-state index is 0.698. The van der Waals surface area contributed by atoms with E-state index in [-0.39, 0.29) is 0 Å². The van der Waals surface area contributed by atoms with E-state index in [1.165, 1.54) is 16.7 Å². The predicted octanol–water partition coefficient (Wildman–Crippen LogP) is 0.994. The van der Waals surface area contributed by atoms with E-state index >= 15 is 0 Å². The number of hydrogen-bond donors (Lipinski definition) is 2. The topological polar surface area (TPSA) is 54.2 Å². The van der Waals surface area contributed by atoms with E-state index in [0.29, 0.717) is 5.82 Å². The van der Waals surface area contributed by atoms with Gasteiger partial charge in [-0.3, -0.25) is 4.90 Å². The maximum absolute atomic E-state index is 6.05. The zero-order valence-electron chi connectivity index (χ0n) is 11.0. The number of hydrogen-bond acceptors (Lipinski definition) is 4. The van der Waals surface area contributed by atoms with Crippen molar-refractivity contribution < 1.29 is 0 Å². The number of aromatic nitrogens is 1. The van der Waals surface area contributed by atoms with Gasteiger partial charge in [-0.05, 0) is 31.9 Å². The minimum Gasteiger partial charge on any atom is -0.383 e. The first-order chi connectivity index (χ1) is 8.09. The summed E-state index contributed by atoms with van der Waals surface area (Å²) in [6.45, 7) is 11.5. The number of nitrogen functional groups attached to an aromatic ring is 1. The van der Waals surface area contributed by atoms with Gasteiger partial charge < -0.3 is 11.1 Å². The van der Waals surface area contributed by atoms with Crippen LogP contribution in [0.25, 0.3) is 0 Å². The third-order valence-electron chi connectivity index (χ3n) is 3.75. The number of aryl methyl sites for hydroxylation is 1. The van der Waals surface area contributed by atoms with Gasteiger partial charge in [0.05, 0.1) is 0 Å². The molecule has 3 N–H and O–H groups in total. The fraction of sp³-hybridized carbons (Fsp3) is 0.615. The van der Waals surface area contributed by atoms with Gasteiger partial charge in [-0.15, -0.1) is 0 Å². The van der Waals surface area contributed by atoms with E-state index in [1.807, 2.05) is 6.92 Å². The summed E-state index contributed by atoms with van der Waals surface area (Å²) in [5.74, 6) is 0.698. The van der Waals surface area contributed by atoms with Gasteiger partial charge in [-0.2, -0.15) is 0 Å². The quantitative estimate of drug-likeness (QED) is 0.801. The molecule has 0 radical (unpaired) electrons. The summed E-state index contributed by atoms with van der Waals surface area (Å²) in [5.41, 5.74) is 10.9. The van der Waals surface area contributed by atoms with Crippen molar-refractivity contribution in [3.8, 4) is 0 Å². The monoisotopic (exact) mass is 234 g/mol. The Morgan fingerprint density at radius 2 is 1.82 bits per heavy atom. The molecule has 0 amide bonds. The van der Waals surface area contributed by atoms with E-state index in [2.05, 4.69) is 29.0 Å². The maximum Gasteiger partial charge on any atom is 0.128 e. The van der Waals surface area contributed by atoms with Gasteiger partial charge in [0.25, 0.3) is 0 Å². The average molecular weight is 234 g/mol. The first-order valence-corrected chi connectivity index (χ1v) is 6.25. The summed E-state index contributed by atoms with van der Waals surface area (Å²) < 4.78 is 0. The SMILES string of the molecule is Cc1nc(N)c(CN2CCNCC2)c(C)c1C. The van der Waals surface area contributed by atoms with Crippen LogP contribution >= 0.6 is 0 Å². The lowest BCUT2D eigenvalue weighted by Crippen LogP contribution is -2.43. The molecule has 2 rings (SSSR count). The number of rotatable bonds is 2. The van der Waals surface area contributed by atoms with Crippen molar-refractivity contribution in [2.75, 3.05) is 31.9 Å². The third kappa shape index (κ3) is 2.58. The van der Waals surface area contributed by atoms with Gasteiger partial charge in [-0.25, -0.2) is 4.98 Å². The second kappa shape index (κ2) is 5.02. The summed E-state index contributed by atoms with van der Waals surface area (Å²) in [7, 11) is 0. The highest BCUT2D eigenvalue weighted by molar-refractivity contribution is 5.49. The lowest BCUT2D eigenvalue weighted by Gasteiger charge is -2.28. The van der Waals surface area contributed by atoms with E-state index in [9.17, 15) is 0 Å². The minimum absolute atomic E-state index is 0.698. The molecule has 0 bridgehead atoms. The fourth-order valence-corrected chi connectivity index (χ4v) is 2.31. The third-order valence-corrected chi connectivity index (χ3v) is 3.75. The van der Waals surface area contributed by atoms with E-state index in [4.69, 9.17) is 5.73 Å². The van der Waals surface area contributed by atoms with Gasteiger partial charge in [0, 0.05) is 44.0 Å². The Labute approximate surface area is 103 Å². The standard InChI is InChI=1S/C13H22N4/c1-9-10(2)12(13(14)16-11(9)3)8-17-6-4-15-5-7-17/h15H,4-8H2,1-3H3,(H2,14,16). The van der Waals surface area contributed by atoms with Gasteiger partial charge in [0.15, 0.2) is 0 Å². The summed E-state index contributed by atoms with van der Waals surface area (Å²) in [5, 5.41) is 3.36. The molecule has 4 nitrogen and oxygen atoms in total. The van der Waals surface area contributed by atoms with E-state index in [0.717, 1.165) is 38.4 Å². The number of nitrogens with two attached hydrogens (primary N) is 1. The summed E-state index contributed by atoms with van der Waals surface area (Å²) in [6.07, 6.45) is 0. The number of piperazine rings is 1. The zero-order chi connectivity index (χ0) is 12.4. The number of nitrogens with zero attached hydrogens (tertiary/aromatic N) is 2. The lowest BCUT2D eigenvalue weighted by molar-refractivity contribution is 0.233. The van der Waals surface area contributed by atoms with Gasteiger partial charge in [-0.1, -0.05) is 0 Å². The lowest BCUT2D eigenvalue weighted by atomic mass is 10.0. The van der Waals surface area contributed by atoms with Crippen LogP contribution in [0.1, 0.15) is 22.4 Å². The molecule has 1 aliphatic heterocycles. The van der Waals surface area contributed by atoms with Crippen molar-refractivity contribution >= 4 is 5.82 Å². The fourth-order valence-electron chi connectivity index (χ4n) is 2.31. The molecule has 0 saturated carbocycles. The molecule has 4 heteroatoms. The summed E-state index contributed by atoms with van der Waals surface area (Å²) >= 11 is 0. The molecule has 1 aliphatic rings. The van der Waals surface area contributed by atoms with Crippen molar-refractivity contribution in [3.05, 3.63) is 22.4 Å². The smallest absolute Gasteiger partial charge is 0.128 e. The molecule has 1 aromatic heterocycles. The average Bonchev–Trinajstić information content (AvgIpc) is 2.33. The highest BCUT2D eigenvalue weighted by atomic mass is 15.2. The molecule has 1 saturated heterocycles. The van der Waals surface area contributed by atoms with Crippen LogP contribution < -0.4 is 11.1 Å². The van der Waals surface area contributed by atoms with Crippen LogP contribution in [0.3, 0.4) is 0 Å². The van der Waals surface area contributed by atoms with Crippen molar-refractivity contribution in [1.82, 2.24) is 15.2 Å². The second-order valence-electron chi connectivity index (χ2n) is 4.84. The molecule has 0 unspecified atom stereocenters. The van der Waals surface area contributed by atoms with Crippen LogP contribution in [0.2, 0.25) is 0 Å².